The zero-order valence-corrected chi connectivity index (χ0v) is 14.2. The minimum atomic E-state index is -0.983. The van der Waals surface area contributed by atoms with E-state index in [1.54, 1.807) is 12.1 Å². The van der Waals surface area contributed by atoms with Crippen molar-refractivity contribution in [2.24, 2.45) is 0 Å². The van der Waals surface area contributed by atoms with Crippen LogP contribution in [0.25, 0.3) is 16.8 Å². The lowest BCUT2D eigenvalue weighted by Crippen LogP contribution is -1.93. The van der Waals surface area contributed by atoms with Gasteiger partial charge in [0, 0.05) is 16.1 Å². The van der Waals surface area contributed by atoms with Crippen LogP contribution in [-0.4, -0.2) is 11.1 Å². The zero-order valence-electron chi connectivity index (χ0n) is 12.7. The monoisotopic (exact) mass is 356 g/mol. The molecule has 24 heavy (non-hydrogen) atoms. The summed E-state index contributed by atoms with van der Waals surface area (Å²) >= 11 is 12.1. The molecular weight excluding hydrogens is 343 g/mol. The maximum atomic E-state index is 10.8. The van der Waals surface area contributed by atoms with Crippen molar-refractivity contribution in [2.45, 2.75) is 6.42 Å². The summed E-state index contributed by atoms with van der Waals surface area (Å²) in [7, 11) is 0. The predicted octanol–water partition coefficient (Wildman–Crippen LogP) is 5.84. The first-order valence-electron chi connectivity index (χ1n) is 7.39. The molecule has 0 aliphatic heterocycles. The molecule has 2 nitrogen and oxygen atoms in total. The summed E-state index contributed by atoms with van der Waals surface area (Å²) < 4.78 is 0. The molecule has 0 fully saturated rings. The van der Waals surface area contributed by atoms with Crippen molar-refractivity contribution in [2.75, 3.05) is 0 Å². The standard InChI is InChI=1S/C20H14Cl2O2/c21-18-6-3-14-9-13(1-2-16(14)11-18)10-15-4-7-19(22)12-17(15)5-8-20(23)24/h1-9,11-12H,10H2,(H,23,24)/b8-5+. The van der Waals surface area contributed by atoms with Gasteiger partial charge in [-0.25, -0.2) is 4.79 Å². The van der Waals surface area contributed by atoms with Gasteiger partial charge >= 0.3 is 5.97 Å². The number of hydrogen-bond donors (Lipinski definition) is 1. The van der Waals surface area contributed by atoms with Crippen LogP contribution in [-0.2, 0) is 11.2 Å². The minimum absolute atomic E-state index is 0.581. The lowest BCUT2D eigenvalue weighted by Gasteiger charge is -2.08. The van der Waals surface area contributed by atoms with Gasteiger partial charge in [-0.1, -0.05) is 53.5 Å². The number of hydrogen-bond acceptors (Lipinski definition) is 1. The molecule has 0 spiro atoms. The third kappa shape index (κ3) is 3.97. The molecule has 0 saturated carbocycles. The van der Waals surface area contributed by atoms with E-state index in [-0.39, 0.29) is 0 Å². The maximum absolute atomic E-state index is 10.8. The Morgan fingerprint density at radius 2 is 1.58 bits per heavy atom. The predicted molar refractivity (Wildman–Crippen MR) is 99.9 cm³/mol. The molecule has 0 aromatic heterocycles. The normalized spacial score (nSPS) is 11.2. The van der Waals surface area contributed by atoms with Crippen LogP contribution in [0.2, 0.25) is 10.0 Å². The summed E-state index contributed by atoms with van der Waals surface area (Å²) in [6, 6.07) is 17.5. The molecule has 0 aliphatic rings. The van der Waals surface area contributed by atoms with Crippen LogP contribution in [0.1, 0.15) is 16.7 Å². The number of aliphatic carboxylic acids is 1. The van der Waals surface area contributed by atoms with Crippen LogP contribution in [0.5, 0.6) is 0 Å². The van der Waals surface area contributed by atoms with Crippen LogP contribution >= 0.6 is 23.2 Å². The van der Waals surface area contributed by atoms with E-state index in [0.29, 0.717) is 16.5 Å². The highest BCUT2D eigenvalue weighted by Crippen LogP contribution is 2.24. The van der Waals surface area contributed by atoms with Gasteiger partial charge in [-0.3, -0.25) is 0 Å². The van der Waals surface area contributed by atoms with Crippen molar-refractivity contribution in [1.29, 1.82) is 0 Å². The lowest BCUT2D eigenvalue weighted by atomic mass is 9.97. The molecule has 0 bridgehead atoms. The van der Waals surface area contributed by atoms with E-state index in [2.05, 4.69) is 12.1 Å². The third-order valence-corrected chi connectivity index (χ3v) is 4.24. The fourth-order valence-electron chi connectivity index (χ4n) is 2.64. The van der Waals surface area contributed by atoms with Crippen LogP contribution in [0.15, 0.2) is 60.7 Å². The van der Waals surface area contributed by atoms with Gasteiger partial charge in [0.2, 0.25) is 0 Å². The van der Waals surface area contributed by atoms with Gasteiger partial charge in [-0.15, -0.1) is 0 Å². The summed E-state index contributed by atoms with van der Waals surface area (Å²) in [5.74, 6) is -0.983. The highest BCUT2D eigenvalue weighted by atomic mass is 35.5. The van der Waals surface area contributed by atoms with E-state index in [1.165, 1.54) is 0 Å². The largest absolute Gasteiger partial charge is 0.478 e. The molecule has 3 aromatic carbocycles. The highest BCUT2D eigenvalue weighted by molar-refractivity contribution is 6.31. The Hall–Kier alpha value is -2.29. The molecule has 0 amide bonds. The van der Waals surface area contributed by atoms with Gasteiger partial charge in [0.05, 0.1) is 0 Å². The van der Waals surface area contributed by atoms with Gasteiger partial charge < -0.3 is 5.11 Å². The van der Waals surface area contributed by atoms with E-state index in [4.69, 9.17) is 28.3 Å². The second-order valence-corrected chi connectivity index (χ2v) is 6.39. The molecule has 120 valence electrons. The van der Waals surface area contributed by atoms with Crippen molar-refractivity contribution in [3.8, 4) is 0 Å². The Balaban J connectivity index is 1.96. The van der Waals surface area contributed by atoms with Crippen LogP contribution < -0.4 is 0 Å². The Kier molecular flexibility index (Phi) is 4.89. The van der Waals surface area contributed by atoms with Crippen molar-refractivity contribution in [1.82, 2.24) is 0 Å². The zero-order chi connectivity index (χ0) is 17.1. The summed E-state index contributed by atoms with van der Waals surface area (Å²) in [6.45, 7) is 0. The fourth-order valence-corrected chi connectivity index (χ4v) is 3.00. The number of rotatable bonds is 4. The molecule has 1 N–H and O–H groups in total. The average molecular weight is 357 g/mol. The molecule has 0 radical (unpaired) electrons. The summed E-state index contributed by atoms with van der Waals surface area (Å²) in [4.78, 5) is 10.8. The molecule has 3 aromatic rings. The number of halogens is 2. The molecule has 3 rings (SSSR count). The van der Waals surface area contributed by atoms with E-state index < -0.39 is 5.97 Å². The quantitative estimate of drug-likeness (QED) is 0.596. The molecule has 0 atom stereocenters. The SMILES string of the molecule is O=C(O)/C=C/c1cc(Cl)ccc1Cc1ccc2cc(Cl)ccc2c1. The Morgan fingerprint density at radius 3 is 2.38 bits per heavy atom. The third-order valence-electron chi connectivity index (χ3n) is 3.77. The first-order chi connectivity index (χ1) is 11.5. The fraction of sp³-hybridized carbons (Fsp3) is 0.0500. The van der Waals surface area contributed by atoms with E-state index in [1.807, 2.05) is 36.4 Å². The Morgan fingerprint density at radius 1 is 0.917 bits per heavy atom. The first-order valence-corrected chi connectivity index (χ1v) is 8.14. The molecular formula is C20H14Cl2O2. The summed E-state index contributed by atoms with van der Waals surface area (Å²) in [6.07, 6.45) is 3.39. The van der Waals surface area contributed by atoms with Crippen molar-refractivity contribution in [3.05, 3.63) is 87.4 Å². The van der Waals surface area contributed by atoms with Gasteiger partial charge in [0.15, 0.2) is 0 Å². The molecule has 0 heterocycles. The molecule has 0 saturated heterocycles. The number of carboxylic acids is 1. The number of carboxylic acid groups (broad SMARTS) is 1. The number of benzene rings is 3. The van der Waals surface area contributed by atoms with E-state index >= 15 is 0 Å². The van der Waals surface area contributed by atoms with E-state index in [9.17, 15) is 4.79 Å². The van der Waals surface area contributed by atoms with Gasteiger partial charge in [-0.05, 0) is 64.2 Å². The first kappa shape index (κ1) is 16.6. The van der Waals surface area contributed by atoms with Gasteiger partial charge in [-0.2, -0.15) is 0 Å². The van der Waals surface area contributed by atoms with E-state index in [0.717, 1.165) is 33.5 Å². The summed E-state index contributed by atoms with van der Waals surface area (Å²) in [5.41, 5.74) is 2.96. The topological polar surface area (TPSA) is 37.3 Å². The lowest BCUT2D eigenvalue weighted by molar-refractivity contribution is -0.131. The summed E-state index contributed by atoms with van der Waals surface area (Å²) in [5, 5.41) is 12.3. The van der Waals surface area contributed by atoms with Crippen LogP contribution in [0, 0.1) is 0 Å². The average Bonchev–Trinajstić information content (AvgIpc) is 2.55. The molecule has 4 heteroatoms. The molecule has 0 aliphatic carbocycles. The Labute approximate surface area is 150 Å². The minimum Gasteiger partial charge on any atom is -0.478 e. The molecule has 0 unspecified atom stereocenters. The van der Waals surface area contributed by atoms with Crippen molar-refractivity contribution in [3.63, 3.8) is 0 Å². The number of fused-ring (bicyclic) bond motifs is 1. The van der Waals surface area contributed by atoms with Gasteiger partial charge in [0.1, 0.15) is 0 Å². The maximum Gasteiger partial charge on any atom is 0.328 e. The van der Waals surface area contributed by atoms with Crippen molar-refractivity contribution >= 4 is 46.0 Å². The number of carbonyl (C=O) groups is 1. The van der Waals surface area contributed by atoms with Crippen LogP contribution in [0.3, 0.4) is 0 Å². The smallest absolute Gasteiger partial charge is 0.328 e. The second-order valence-electron chi connectivity index (χ2n) is 5.52. The second kappa shape index (κ2) is 7.08. The van der Waals surface area contributed by atoms with Crippen LogP contribution in [0.4, 0.5) is 0 Å². The van der Waals surface area contributed by atoms with Gasteiger partial charge in [0.25, 0.3) is 0 Å². The highest BCUT2D eigenvalue weighted by Gasteiger charge is 2.05. The van der Waals surface area contributed by atoms with Crippen molar-refractivity contribution < 1.29 is 9.90 Å². The Bertz CT molecular complexity index is 946.